The summed E-state index contributed by atoms with van der Waals surface area (Å²) in [5, 5.41) is 10.9. The van der Waals surface area contributed by atoms with E-state index in [4.69, 9.17) is 0 Å². The third kappa shape index (κ3) is 4.03. The van der Waals surface area contributed by atoms with Gasteiger partial charge in [-0.05, 0) is 31.6 Å². The van der Waals surface area contributed by atoms with Gasteiger partial charge in [-0.2, -0.15) is 0 Å². The summed E-state index contributed by atoms with van der Waals surface area (Å²) in [7, 11) is 3.17. The largest absolute Gasteiger partial charge is 0.465 e. The Bertz CT molecular complexity index is 474. The summed E-state index contributed by atoms with van der Waals surface area (Å²) < 4.78 is 4.58. The molecule has 0 fully saturated rings. The lowest BCUT2D eigenvalue weighted by atomic mass is 10.1. The average molecular weight is 266 g/mol. The molecular weight excluding hydrogens is 248 g/mol. The lowest BCUT2D eigenvalue weighted by molar-refractivity contribution is -0.385. The predicted molar refractivity (Wildman–Crippen MR) is 71.1 cm³/mol. The van der Waals surface area contributed by atoms with Crippen LogP contribution in [-0.2, 0) is 11.3 Å². The van der Waals surface area contributed by atoms with Crippen LogP contribution >= 0.6 is 0 Å². The van der Waals surface area contributed by atoms with Crippen molar-refractivity contribution >= 4 is 11.7 Å². The molecule has 0 aliphatic rings. The van der Waals surface area contributed by atoms with Crippen molar-refractivity contribution in [2.24, 2.45) is 0 Å². The fraction of sp³-hybridized carbons (Fsp3) is 0.462. The van der Waals surface area contributed by atoms with Crippen molar-refractivity contribution in [1.82, 2.24) is 4.90 Å². The Morgan fingerprint density at radius 3 is 2.68 bits per heavy atom. The number of ether oxygens (including phenoxy) is 1. The first kappa shape index (κ1) is 15.1. The molecule has 0 saturated heterocycles. The van der Waals surface area contributed by atoms with Crippen LogP contribution in [0.5, 0.6) is 0 Å². The maximum absolute atomic E-state index is 11.6. The molecule has 0 aliphatic heterocycles. The number of esters is 1. The number of methoxy groups -OCH3 is 1. The maximum atomic E-state index is 11.6. The molecule has 0 aliphatic carbocycles. The first-order chi connectivity index (χ1) is 8.99. The molecular formula is C13H18N2O4. The zero-order chi connectivity index (χ0) is 14.4. The Balaban J connectivity index is 3.04. The number of benzene rings is 1. The van der Waals surface area contributed by atoms with Gasteiger partial charge in [0, 0.05) is 12.6 Å². The number of nitro groups is 1. The zero-order valence-corrected chi connectivity index (χ0v) is 11.4. The molecule has 6 heteroatoms. The summed E-state index contributed by atoms with van der Waals surface area (Å²) in [5.74, 6) is -0.688. The highest BCUT2D eigenvalue weighted by atomic mass is 16.6. The number of nitrogens with zero attached hydrogens (tertiary/aromatic N) is 2. The van der Waals surface area contributed by atoms with Gasteiger partial charge >= 0.3 is 5.97 Å². The highest BCUT2D eigenvalue weighted by molar-refractivity contribution is 5.94. The molecule has 0 heterocycles. The van der Waals surface area contributed by atoms with Gasteiger partial charge in [-0.1, -0.05) is 13.0 Å². The summed E-state index contributed by atoms with van der Waals surface area (Å²) in [4.78, 5) is 23.9. The van der Waals surface area contributed by atoms with Gasteiger partial charge < -0.3 is 9.64 Å². The highest BCUT2D eigenvalue weighted by Crippen LogP contribution is 2.21. The Morgan fingerprint density at radius 1 is 1.47 bits per heavy atom. The van der Waals surface area contributed by atoms with E-state index in [0.717, 1.165) is 18.5 Å². The quantitative estimate of drug-likeness (QED) is 0.448. The van der Waals surface area contributed by atoms with Gasteiger partial charge in [0.05, 0.1) is 12.0 Å². The van der Waals surface area contributed by atoms with Crippen LogP contribution in [0.2, 0.25) is 0 Å². The monoisotopic (exact) mass is 266 g/mol. The SMILES string of the molecule is CCCN(C)Cc1ccc([N+](=O)[O-])c(C(=O)OC)c1. The van der Waals surface area contributed by atoms with E-state index in [2.05, 4.69) is 16.6 Å². The molecule has 6 nitrogen and oxygen atoms in total. The van der Waals surface area contributed by atoms with Crippen LogP contribution < -0.4 is 0 Å². The number of rotatable bonds is 6. The summed E-state index contributed by atoms with van der Waals surface area (Å²) in [6.07, 6.45) is 1.02. The van der Waals surface area contributed by atoms with Crippen LogP contribution in [0.4, 0.5) is 5.69 Å². The van der Waals surface area contributed by atoms with Crippen LogP contribution in [0.15, 0.2) is 18.2 Å². The van der Waals surface area contributed by atoms with Gasteiger partial charge in [-0.15, -0.1) is 0 Å². The zero-order valence-electron chi connectivity index (χ0n) is 11.4. The van der Waals surface area contributed by atoms with Gasteiger partial charge in [-0.3, -0.25) is 10.1 Å². The molecule has 0 N–H and O–H groups in total. The highest BCUT2D eigenvalue weighted by Gasteiger charge is 2.21. The average Bonchev–Trinajstić information content (AvgIpc) is 2.37. The Hall–Kier alpha value is -1.95. The third-order valence-corrected chi connectivity index (χ3v) is 2.72. The number of hydrogen-bond acceptors (Lipinski definition) is 5. The van der Waals surface area contributed by atoms with Gasteiger partial charge in [0.2, 0.25) is 0 Å². The van der Waals surface area contributed by atoms with E-state index >= 15 is 0 Å². The minimum absolute atomic E-state index is 0.00472. The summed E-state index contributed by atoms with van der Waals surface area (Å²) >= 11 is 0. The summed E-state index contributed by atoms with van der Waals surface area (Å²) in [6, 6.07) is 4.54. The van der Waals surface area contributed by atoms with E-state index < -0.39 is 10.9 Å². The van der Waals surface area contributed by atoms with E-state index in [0.29, 0.717) is 6.54 Å². The van der Waals surface area contributed by atoms with Crippen LogP contribution in [0.3, 0.4) is 0 Å². The molecule has 0 bridgehead atoms. The van der Waals surface area contributed by atoms with Crippen LogP contribution in [-0.4, -0.2) is 36.5 Å². The predicted octanol–water partition coefficient (Wildman–Crippen LogP) is 2.22. The van der Waals surface area contributed by atoms with Crippen molar-refractivity contribution in [3.63, 3.8) is 0 Å². The van der Waals surface area contributed by atoms with E-state index in [-0.39, 0.29) is 11.3 Å². The molecule has 0 radical (unpaired) electrons. The lowest BCUT2D eigenvalue weighted by Crippen LogP contribution is -2.19. The van der Waals surface area contributed by atoms with Gasteiger partial charge in [0.1, 0.15) is 5.56 Å². The Labute approximate surface area is 112 Å². The lowest BCUT2D eigenvalue weighted by Gasteiger charge is -2.15. The molecule has 0 saturated carbocycles. The summed E-state index contributed by atoms with van der Waals surface area (Å²) in [6.45, 7) is 3.63. The second-order valence-electron chi connectivity index (χ2n) is 4.34. The number of nitro benzene ring substituents is 1. The van der Waals surface area contributed by atoms with Crippen molar-refractivity contribution in [3.8, 4) is 0 Å². The van der Waals surface area contributed by atoms with Crippen molar-refractivity contribution in [3.05, 3.63) is 39.4 Å². The second kappa shape index (κ2) is 6.84. The van der Waals surface area contributed by atoms with Crippen LogP contribution in [0.25, 0.3) is 0 Å². The van der Waals surface area contributed by atoms with Crippen molar-refractivity contribution < 1.29 is 14.5 Å². The molecule has 1 rings (SSSR count). The smallest absolute Gasteiger partial charge is 0.344 e. The fourth-order valence-electron chi connectivity index (χ4n) is 1.89. The Kier molecular flexibility index (Phi) is 5.44. The van der Waals surface area contributed by atoms with E-state index in [1.807, 2.05) is 7.05 Å². The topological polar surface area (TPSA) is 72.7 Å². The molecule has 104 valence electrons. The number of hydrogen-bond donors (Lipinski definition) is 0. The van der Waals surface area contributed by atoms with Gasteiger partial charge in [-0.25, -0.2) is 4.79 Å². The van der Waals surface area contributed by atoms with E-state index in [1.165, 1.54) is 19.2 Å². The minimum Gasteiger partial charge on any atom is -0.465 e. The standard InChI is InChI=1S/C13H18N2O4/c1-4-7-14(2)9-10-5-6-12(15(17)18)11(8-10)13(16)19-3/h5-6,8H,4,7,9H2,1-3H3. The fourth-order valence-corrected chi connectivity index (χ4v) is 1.89. The molecule has 0 aromatic heterocycles. The first-order valence-electron chi connectivity index (χ1n) is 6.03. The third-order valence-electron chi connectivity index (χ3n) is 2.72. The van der Waals surface area contributed by atoms with Crippen molar-refractivity contribution in [2.75, 3.05) is 20.7 Å². The maximum Gasteiger partial charge on any atom is 0.344 e. The van der Waals surface area contributed by atoms with Crippen molar-refractivity contribution in [1.29, 1.82) is 0 Å². The summed E-state index contributed by atoms with van der Waals surface area (Å²) in [5.41, 5.74) is 0.616. The Morgan fingerprint density at radius 2 is 2.16 bits per heavy atom. The second-order valence-corrected chi connectivity index (χ2v) is 4.34. The van der Waals surface area contributed by atoms with Gasteiger partial charge in [0.25, 0.3) is 5.69 Å². The molecule has 0 unspecified atom stereocenters. The van der Waals surface area contributed by atoms with Crippen LogP contribution in [0.1, 0.15) is 29.3 Å². The number of carbonyl (C=O) groups excluding carboxylic acids is 1. The minimum atomic E-state index is -0.688. The first-order valence-corrected chi connectivity index (χ1v) is 6.03. The molecule has 0 spiro atoms. The number of carbonyl (C=O) groups is 1. The molecule has 1 aromatic carbocycles. The normalized spacial score (nSPS) is 10.5. The molecule has 0 atom stereocenters. The molecule has 1 aromatic rings. The molecule has 0 amide bonds. The molecule has 19 heavy (non-hydrogen) atoms. The van der Waals surface area contributed by atoms with Crippen LogP contribution in [0, 0.1) is 10.1 Å². The van der Waals surface area contributed by atoms with E-state index in [9.17, 15) is 14.9 Å². The van der Waals surface area contributed by atoms with Crippen molar-refractivity contribution in [2.45, 2.75) is 19.9 Å². The van der Waals surface area contributed by atoms with E-state index in [1.54, 1.807) is 6.07 Å². The van der Waals surface area contributed by atoms with Gasteiger partial charge in [0.15, 0.2) is 0 Å².